The average molecular weight is 233 g/mol. The molecule has 3 aromatic rings. The Morgan fingerprint density at radius 2 is 1.22 bits per heavy atom. The molecule has 0 bridgehead atoms. The van der Waals surface area contributed by atoms with E-state index in [0.29, 0.717) is 0 Å². The fourth-order valence-corrected chi connectivity index (χ4v) is 1.79. The molecule has 3 heterocycles. The van der Waals surface area contributed by atoms with E-state index in [0.717, 1.165) is 22.5 Å². The third kappa shape index (κ3) is 2.11. The van der Waals surface area contributed by atoms with Gasteiger partial charge in [0.1, 0.15) is 0 Å². The Hall–Kier alpha value is -2.55. The van der Waals surface area contributed by atoms with Gasteiger partial charge >= 0.3 is 0 Å². The fraction of sp³-hybridized carbons (Fsp3) is 0. The van der Waals surface area contributed by atoms with Crippen LogP contribution in [0.15, 0.2) is 67.3 Å². The number of hydrogen-bond donors (Lipinski definition) is 0. The third-order valence-electron chi connectivity index (χ3n) is 2.66. The summed E-state index contributed by atoms with van der Waals surface area (Å²) in [5.74, 6) is 0. The van der Waals surface area contributed by atoms with Crippen LogP contribution in [0.2, 0.25) is 0 Å². The van der Waals surface area contributed by atoms with E-state index in [1.807, 2.05) is 48.8 Å². The van der Waals surface area contributed by atoms with Crippen molar-refractivity contribution in [1.29, 1.82) is 0 Å². The molecular formula is C15H11N3. The lowest BCUT2D eigenvalue weighted by Crippen LogP contribution is -1.87. The van der Waals surface area contributed by atoms with Gasteiger partial charge in [-0.2, -0.15) is 0 Å². The Morgan fingerprint density at radius 3 is 1.67 bits per heavy atom. The molecule has 0 saturated carbocycles. The molecule has 3 heteroatoms. The summed E-state index contributed by atoms with van der Waals surface area (Å²) in [6.07, 6.45) is 7.19. The van der Waals surface area contributed by atoms with Crippen molar-refractivity contribution in [2.75, 3.05) is 0 Å². The van der Waals surface area contributed by atoms with Crippen molar-refractivity contribution in [2.24, 2.45) is 0 Å². The smallest absolute Gasteiger partial charge is 0.0717 e. The zero-order valence-corrected chi connectivity index (χ0v) is 9.69. The van der Waals surface area contributed by atoms with Crippen LogP contribution in [0.4, 0.5) is 0 Å². The van der Waals surface area contributed by atoms with E-state index in [1.54, 1.807) is 12.4 Å². The molecule has 0 aliphatic carbocycles. The van der Waals surface area contributed by atoms with Crippen molar-refractivity contribution in [3.8, 4) is 22.5 Å². The molecule has 18 heavy (non-hydrogen) atoms. The minimum absolute atomic E-state index is 0.919. The van der Waals surface area contributed by atoms with Crippen molar-refractivity contribution in [3.63, 3.8) is 0 Å². The van der Waals surface area contributed by atoms with Crippen molar-refractivity contribution < 1.29 is 0 Å². The van der Waals surface area contributed by atoms with Gasteiger partial charge in [0.15, 0.2) is 0 Å². The fourth-order valence-electron chi connectivity index (χ4n) is 1.79. The Labute approximate surface area is 105 Å². The van der Waals surface area contributed by atoms with Gasteiger partial charge in [-0.25, -0.2) is 0 Å². The Bertz CT molecular complexity index is 581. The molecule has 0 aromatic carbocycles. The molecule has 0 N–H and O–H groups in total. The first-order valence-corrected chi connectivity index (χ1v) is 5.71. The maximum atomic E-state index is 4.32. The van der Waals surface area contributed by atoms with Crippen LogP contribution < -0.4 is 0 Å². The number of nitrogens with zero attached hydrogens (tertiary/aromatic N) is 3. The lowest BCUT2D eigenvalue weighted by Gasteiger charge is -2.03. The highest BCUT2D eigenvalue weighted by molar-refractivity contribution is 5.67. The highest BCUT2D eigenvalue weighted by Crippen LogP contribution is 2.22. The van der Waals surface area contributed by atoms with E-state index in [9.17, 15) is 0 Å². The average Bonchev–Trinajstić information content (AvgIpc) is 2.49. The Morgan fingerprint density at radius 1 is 0.667 bits per heavy atom. The van der Waals surface area contributed by atoms with E-state index < -0.39 is 0 Å². The molecule has 0 atom stereocenters. The first-order chi connectivity index (χ1) is 8.93. The van der Waals surface area contributed by atoms with E-state index in [4.69, 9.17) is 0 Å². The van der Waals surface area contributed by atoms with Crippen molar-refractivity contribution in [3.05, 3.63) is 67.3 Å². The van der Waals surface area contributed by atoms with E-state index in [2.05, 4.69) is 21.0 Å². The third-order valence-corrected chi connectivity index (χ3v) is 2.66. The lowest BCUT2D eigenvalue weighted by atomic mass is 10.1. The summed E-state index contributed by atoms with van der Waals surface area (Å²) in [6.45, 7) is 0. The van der Waals surface area contributed by atoms with Crippen LogP contribution in [0.25, 0.3) is 22.5 Å². The first kappa shape index (κ1) is 10.6. The van der Waals surface area contributed by atoms with Gasteiger partial charge in [0.25, 0.3) is 0 Å². The molecule has 0 amide bonds. The summed E-state index contributed by atoms with van der Waals surface area (Å²) in [5.41, 5.74) is 3.84. The predicted octanol–water partition coefficient (Wildman–Crippen LogP) is 3.21. The van der Waals surface area contributed by atoms with Crippen LogP contribution in [-0.4, -0.2) is 15.0 Å². The summed E-state index contributed by atoms with van der Waals surface area (Å²) in [6, 6.07) is 13.7. The quantitative estimate of drug-likeness (QED) is 0.682. The second-order valence-electron chi connectivity index (χ2n) is 3.89. The maximum Gasteiger partial charge on any atom is 0.0717 e. The van der Waals surface area contributed by atoms with Crippen molar-refractivity contribution >= 4 is 0 Å². The van der Waals surface area contributed by atoms with Gasteiger partial charge in [-0.1, -0.05) is 12.1 Å². The van der Waals surface area contributed by atoms with Gasteiger partial charge in [0.2, 0.25) is 0 Å². The van der Waals surface area contributed by atoms with Crippen LogP contribution in [0.3, 0.4) is 0 Å². The molecule has 0 radical (unpaired) electrons. The highest BCUT2D eigenvalue weighted by Gasteiger charge is 2.03. The summed E-state index contributed by atoms with van der Waals surface area (Å²) >= 11 is 0. The number of rotatable bonds is 2. The molecule has 0 unspecified atom stereocenters. The van der Waals surface area contributed by atoms with E-state index in [-0.39, 0.29) is 0 Å². The van der Waals surface area contributed by atoms with Gasteiger partial charge in [-0.3, -0.25) is 15.0 Å². The van der Waals surface area contributed by atoms with Gasteiger partial charge < -0.3 is 0 Å². The summed E-state index contributed by atoms with van der Waals surface area (Å²) < 4.78 is 0. The lowest BCUT2D eigenvalue weighted by molar-refractivity contribution is 1.26. The van der Waals surface area contributed by atoms with Gasteiger partial charge in [0.05, 0.1) is 11.4 Å². The van der Waals surface area contributed by atoms with Crippen molar-refractivity contribution in [1.82, 2.24) is 15.0 Å². The Balaban J connectivity index is 2.05. The van der Waals surface area contributed by atoms with Gasteiger partial charge in [0, 0.05) is 35.9 Å². The van der Waals surface area contributed by atoms with E-state index in [1.165, 1.54) is 0 Å². The van der Waals surface area contributed by atoms with Gasteiger partial charge in [-0.15, -0.1) is 0 Å². The standard InChI is InChI=1S/C15H11N3/c1-3-7-17-14(5-1)12-9-13(11-16-10-12)15-6-2-4-8-18-15/h1-11H. The minimum atomic E-state index is 0.919. The largest absolute Gasteiger partial charge is 0.263 e. The molecule has 0 spiro atoms. The number of pyridine rings is 3. The van der Waals surface area contributed by atoms with E-state index >= 15 is 0 Å². The first-order valence-electron chi connectivity index (χ1n) is 5.71. The Kier molecular flexibility index (Phi) is 2.80. The number of hydrogen-bond acceptors (Lipinski definition) is 3. The zero-order valence-electron chi connectivity index (χ0n) is 9.69. The second kappa shape index (κ2) is 4.75. The molecule has 0 aliphatic rings. The molecule has 0 aliphatic heterocycles. The SMILES string of the molecule is c1ccc(-c2cncc(-c3ccccn3)c2)nc1. The topological polar surface area (TPSA) is 38.7 Å². The minimum Gasteiger partial charge on any atom is -0.263 e. The summed E-state index contributed by atoms with van der Waals surface area (Å²) in [4.78, 5) is 12.9. The summed E-state index contributed by atoms with van der Waals surface area (Å²) in [5, 5.41) is 0. The predicted molar refractivity (Wildman–Crippen MR) is 70.7 cm³/mol. The van der Waals surface area contributed by atoms with Crippen molar-refractivity contribution in [2.45, 2.75) is 0 Å². The van der Waals surface area contributed by atoms with Gasteiger partial charge in [-0.05, 0) is 30.3 Å². The molecule has 0 saturated heterocycles. The highest BCUT2D eigenvalue weighted by atomic mass is 14.7. The molecule has 0 fully saturated rings. The molecular weight excluding hydrogens is 222 g/mol. The van der Waals surface area contributed by atoms with Crippen LogP contribution in [0.5, 0.6) is 0 Å². The monoisotopic (exact) mass is 233 g/mol. The van der Waals surface area contributed by atoms with Crippen LogP contribution in [0, 0.1) is 0 Å². The zero-order chi connectivity index (χ0) is 12.2. The van der Waals surface area contributed by atoms with Crippen LogP contribution in [0.1, 0.15) is 0 Å². The number of aromatic nitrogens is 3. The van der Waals surface area contributed by atoms with Crippen LogP contribution in [-0.2, 0) is 0 Å². The molecule has 86 valence electrons. The summed E-state index contributed by atoms with van der Waals surface area (Å²) in [7, 11) is 0. The molecule has 3 aromatic heterocycles. The normalized spacial score (nSPS) is 10.2. The second-order valence-corrected chi connectivity index (χ2v) is 3.89. The van der Waals surface area contributed by atoms with Crippen LogP contribution >= 0.6 is 0 Å². The molecule has 3 nitrogen and oxygen atoms in total. The maximum absolute atomic E-state index is 4.32. The molecule has 3 rings (SSSR count).